The second-order valence-corrected chi connectivity index (χ2v) is 8.44. The molecule has 3 rings (SSSR count). The maximum Gasteiger partial charge on any atom is 0.222 e. The molecular formula is C20H36N2O. The summed E-state index contributed by atoms with van der Waals surface area (Å²) in [5.74, 6) is 2.98. The highest BCUT2D eigenvalue weighted by molar-refractivity contribution is 5.76. The maximum absolute atomic E-state index is 12.4. The molecule has 3 nitrogen and oxygen atoms in total. The van der Waals surface area contributed by atoms with Crippen LogP contribution >= 0.6 is 0 Å². The predicted octanol–water partition coefficient (Wildman–Crippen LogP) is 3.97. The van der Waals surface area contributed by atoms with E-state index < -0.39 is 0 Å². The molecule has 1 N–H and O–H groups in total. The molecule has 0 aromatic heterocycles. The zero-order valence-electron chi connectivity index (χ0n) is 15.1. The normalized spacial score (nSPS) is 29.7. The van der Waals surface area contributed by atoms with Crippen LogP contribution in [0.4, 0.5) is 0 Å². The highest BCUT2D eigenvalue weighted by atomic mass is 16.2. The van der Waals surface area contributed by atoms with E-state index in [1.807, 2.05) is 0 Å². The molecular weight excluding hydrogens is 284 g/mol. The summed E-state index contributed by atoms with van der Waals surface area (Å²) in [5.41, 5.74) is 0. The van der Waals surface area contributed by atoms with Gasteiger partial charge in [-0.1, -0.05) is 39.0 Å². The first-order valence-electron chi connectivity index (χ1n) is 10.3. The summed E-state index contributed by atoms with van der Waals surface area (Å²) in [5, 5.41) is 3.85. The van der Waals surface area contributed by atoms with Gasteiger partial charge >= 0.3 is 0 Å². The van der Waals surface area contributed by atoms with Crippen LogP contribution in [0.5, 0.6) is 0 Å². The van der Waals surface area contributed by atoms with Gasteiger partial charge in [0.25, 0.3) is 0 Å². The van der Waals surface area contributed by atoms with Gasteiger partial charge in [-0.3, -0.25) is 4.79 Å². The van der Waals surface area contributed by atoms with Crippen molar-refractivity contribution in [2.45, 2.75) is 83.6 Å². The first-order valence-corrected chi connectivity index (χ1v) is 10.3. The van der Waals surface area contributed by atoms with E-state index in [1.54, 1.807) is 0 Å². The number of hydrogen-bond acceptors (Lipinski definition) is 2. The summed E-state index contributed by atoms with van der Waals surface area (Å²) < 4.78 is 0. The summed E-state index contributed by atoms with van der Waals surface area (Å²) >= 11 is 0. The third-order valence-electron chi connectivity index (χ3n) is 6.14. The highest BCUT2D eigenvalue weighted by Crippen LogP contribution is 2.38. The number of likely N-dealkylation sites (tertiary alicyclic amines) is 1. The summed E-state index contributed by atoms with van der Waals surface area (Å²) in [6.45, 7) is 5.27. The molecule has 3 aliphatic rings. The van der Waals surface area contributed by atoms with Gasteiger partial charge in [-0.05, 0) is 56.4 Å². The number of nitrogens with zero attached hydrogens (tertiary/aromatic N) is 1. The minimum atomic E-state index is 0.387. The van der Waals surface area contributed by atoms with E-state index >= 15 is 0 Å². The minimum absolute atomic E-state index is 0.387. The molecule has 1 amide bonds. The molecule has 2 saturated carbocycles. The van der Waals surface area contributed by atoms with Crippen molar-refractivity contribution in [3.8, 4) is 0 Å². The standard InChI is InChI=1S/C20H36N2O/c1-2-6-20(23)22-14-18(11-16-9-10-16)12-19(15-22)21-13-17-7-4-3-5-8-17/h16-19,21H,2-15H2,1H3. The molecule has 23 heavy (non-hydrogen) atoms. The van der Waals surface area contributed by atoms with E-state index in [1.165, 1.54) is 64.3 Å². The van der Waals surface area contributed by atoms with Gasteiger partial charge < -0.3 is 10.2 Å². The lowest BCUT2D eigenvalue weighted by Gasteiger charge is -2.39. The van der Waals surface area contributed by atoms with Crippen LogP contribution in [0, 0.1) is 17.8 Å². The quantitative estimate of drug-likeness (QED) is 0.769. The monoisotopic (exact) mass is 320 g/mol. The minimum Gasteiger partial charge on any atom is -0.341 e. The Morgan fingerprint density at radius 1 is 1.00 bits per heavy atom. The van der Waals surface area contributed by atoms with Gasteiger partial charge in [-0.25, -0.2) is 0 Å². The van der Waals surface area contributed by atoms with Gasteiger partial charge in [0, 0.05) is 25.6 Å². The lowest BCUT2D eigenvalue weighted by Crippen LogP contribution is -2.52. The molecule has 0 aromatic rings. The van der Waals surface area contributed by atoms with Gasteiger partial charge in [0.1, 0.15) is 0 Å². The van der Waals surface area contributed by atoms with Gasteiger partial charge in [0.05, 0.1) is 0 Å². The van der Waals surface area contributed by atoms with Crippen LogP contribution in [0.1, 0.15) is 77.6 Å². The van der Waals surface area contributed by atoms with Crippen LogP contribution in [-0.2, 0) is 4.79 Å². The van der Waals surface area contributed by atoms with Crippen LogP contribution < -0.4 is 5.32 Å². The van der Waals surface area contributed by atoms with Crippen molar-refractivity contribution in [3.05, 3.63) is 0 Å². The second-order valence-electron chi connectivity index (χ2n) is 8.44. The summed E-state index contributed by atoms with van der Waals surface area (Å²) in [6, 6.07) is 0.537. The Kier molecular flexibility index (Phi) is 6.38. The zero-order valence-corrected chi connectivity index (χ0v) is 15.1. The van der Waals surface area contributed by atoms with E-state index in [9.17, 15) is 4.79 Å². The third kappa shape index (κ3) is 5.48. The van der Waals surface area contributed by atoms with Crippen LogP contribution in [0.3, 0.4) is 0 Å². The number of carbonyl (C=O) groups excluding carboxylic acids is 1. The molecule has 3 fully saturated rings. The summed E-state index contributed by atoms with van der Waals surface area (Å²) in [4.78, 5) is 14.6. The molecule has 0 bridgehead atoms. The smallest absolute Gasteiger partial charge is 0.222 e. The lowest BCUT2D eigenvalue weighted by molar-refractivity contribution is -0.133. The predicted molar refractivity (Wildman–Crippen MR) is 95.3 cm³/mol. The molecule has 1 saturated heterocycles. The number of carbonyl (C=O) groups is 1. The average molecular weight is 321 g/mol. The molecule has 3 heteroatoms. The van der Waals surface area contributed by atoms with Crippen LogP contribution in [-0.4, -0.2) is 36.5 Å². The molecule has 2 unspecified atom stereocenters. The van der Waals surface area contributed by atoms with Gasteiger partial charge in [0.15, 0.2) is 0 Å². The van der Waals surface area contributed by atoms with E-state index in [0.29, 0.717) is 11.9 Å². The molecule has 132 valence electrons. The number of rotatable bonds is 7. The fourth-order valence-electron chi connectivity index (χ4n) is 4.65. The molecule has 2 aliphatic carbocycles. The first-order chi connectivity index (χ1) is 11.2. The number of hydrogen-bond donors (Lipinski definition) is 1. The van der Waals surface area contributed by atoms with Crippen molar-refractivity contribution in [1.29, 1.82) is 0 Å². The Morgan fingerprint density at radius 3 is 2.48 bits per heavy atom. The van der Waals surface area contributed by atoms with E-state index in [-0.39, 0.29) is 0 Å². The van der Waals surface area contributed by atoms with Crippen molar-refractivity contribution >= 4 is 5.91 Å². The topological polar surface area (TPSA) is 32.3 Å². The Bertz CT molecular complexity index is 374. The largest absolute Gasteiger partial charge is 0.341 e. The van der Waals surface area contributed by atoms with Gasteiger partial charge in [-0.2, -0.15) is 0 Å². The third-order valence-corrected chi connectivity index (χ3v) is 6.14. The van der Waals surface area contributed by atoms with Crippen LogP contribution in [0.15, 0.2) is 0 Å². The number of nitrogens with one attached hydrogen (secondary N) is 1. The van der Waals surface area contributed by atoms with E-state index in [0.717, 1.165) is 43.7 Å². The maximum atomic E-state index is 12.4. The molecule has 2 atom stereocenters. The lowest BCUT2D eigenvalue weighted by atomic mass is 9.87. The molecule has 1 aliphatic heterocycles. The zero-order chi connectivity index (χ0) is 16.1. The SMILES string of the molecule is CCCC(=O)N1CC(CC2CC2)CC(NCC2CCCCC2)C1. The van der Waals surface area contributed by atoms with Crippen molar-refractivity contribution in [1.82, 2.24) is 10.2 Å². The van der Waals surface area contributed by atoms with Gasteiger partial charge in [0.2, 0.25) is 5.91 Å². The molecule has 0 spiro atoms. The summed E-state index contributed by atoms with van der Waals surface area (Å²) in [6.07, 6.45) is 14.3. The fourth-order valence-corrected chi connectivity index (χ4v) is 4.65. The van der Waals surface area contributed by atoms with Crippen LogP contribution in [0.2, 0.25) is 0 Å². The fraction of sp³-hybridized carbons (Fsp3) is 0.950. The molecule has 0 radical (unpaired) electrons. The first kappa shape index (κ1) is 17.3. The summed E-state index contributed by atoms with van der Waals surface area (Å²) in [7, 11) is 0. The second kappa shape index (κ2) is 8.50. The average Bonchev–Trinajstić information content (AvgIpc) is 3.38. The van der Waals surface area contributed by atoms with Crippen molar-refractivity contribution in [2.75, 3.05) is 19.6 Å². The number of piperidine rings is 1. The van der Waals surface area contributed by atoms with Gasteiger partial charge in [-0.15, -0.1) is 0 Å². The Morgan fingerprint density at radius 2 is 1.78 bits per heavy atom. The highest BCUT2D eigenvalue weighted by Gasteiger charge is 2.33. The Hall–Kier alpha value is -0.570. The van der Waals surface area contributed by atoms with Crippen LogP contribution in [0.25, 0.3) is 0 Å². The molecule has 1 heterocycles. The van der Waals surface area contributed by atoms with E-state index in [2.05, 4.69) is 17.1 Å². The number of amides is 1. The molecule has 0 aromatic carbocycles. The van der Waals surface area contributed by atoms with E-state index in [4.69, 9.17) is 0 Å². The Labute approximate surface area is 142 Å². The van der Waals surface area contributed by atoms with Crippen molar-refractivity contribution < 1.29 is 4.79 Å². The Balaban J connectivity index is 1.50. The van der Waals surface area contributed by atoms with Crippen molar-refractivity contribution in [3.63, 3.8) is 0 Å². The van der Waals surface area contributed by atoms with Crippen molar-refractivity contribution in [2.24, 2.45) is 17.8 Å².